The van der Waals surface area contributed by atoms with E-state index in [1.54, 1.807) is 13.8 Å². The maximum atomic E-state index is 13.0. The Morgan fingerprint density at radius 3 is 1.51 bits per heavy atom. The van der Waals surface area contributed by atoms with E-state index in [4.69, 9.17) is 24.3 Å². The third kappa shape index (κ3) is 20.7. The lowest BCUT2D eigenvalue weighted by Gasteiger charge is -2.53. The summed E-state index contributed by atoms with van der Waals surface area (Å²) in [6.07, 6.45) is 6.11. The molecule has 0 saturated carbocycles. The van der Waals surface area contributed by atoms with E-state index in [2.05, 4.69) is 148 Å². The zero-order valence-electron chi connectivity index (χ0n) is 43.8. The van der Waals surface area contributed by atoms with Crippen LogP contribution in [0.4, 0.5) is 0 Å². The number of ether oxygens (including phenoxy) is 2. The molecule has 4 atom stereocenters. The number of piperidine rings is 1. The van der Waals surface area contributed by atoms with Gasteiger partial charge in [0.25, 0.3) is 0 Å². The second-order valence-electron chi connectivity index (χ2n) is 20.2. The van der Waals surface area contributed by atoms with E-state index in [0.29, 0.717) is 43.3 Å². The zero-order chi connectivity index (χ0) is 48.4. The lowest BCUT2D eigenvalue weighted by atomic mass is 9.80. The van der Waals surface area contributed by atoms with Crippen LogP contribution in [-0.4, -0.2) is 138 Å². The molecular weight excluding hydrogens is 871 g/mol. The third-order valence-corrected chi connectivity index (χ3v) is 19.4. The first-order valence-corrected chi connectivity index (χ1v) is 28.2. The molecule has 1 heterocycles. The van der Waals surface area contributed by atoms with Gasteiger partial charge in [-0.05, 0) is 171 Å². The molecule has 1 fully saturated rings. The summed E-state index contributed by atoms with van der Waals surface area (Å²) in [5.74, 6) is 0.883. The average molecular weight is 967 g/mol. The van der Waals surface area contributed by atoms with E-state index in [1.165, 1.54) is 31.0 Å². The molecule has 0 bridgehead atoms. The molecule has 0 spiro atoms. The van der Waals surface area contributed by atoms with Gasteiger partial charge in [-0.15, -0.1) is 0 Å². The topological polar surface area (TPSA) is 113 Å². The largest absolute Gasteiger partial charge is 0.402 e. The van der Waals surface area contributed by atoms with Gasteiger partial charge in [-0.25, -0.2) is 18.7 Å². The maximum absolute atomic E-state index is 13.0. The Bertz CT molecular complexity index is 1320. The van der Waals surface area contributed by atoms with Crippen LogP contribution in [0.3, 0.4) is 0 Å². The number of nitrogens with two attached hydrogens (primary N) is 1. The lowest BCUT2D eigenvalue weighted by molar-refractivity contribution is -0.112. The molecule has 1 aliphatic rings. The van der Waals surface area contributed by atoms with E-state index in [1.807, 2.05) is 0 Å². The van der Waals surface area contributed by atoms with Crippen LogP contribution in [-0.2, 0) is 28.1 Å². The molecule has 0 aliphatic carbocycles. The molecule has 4 unspecified atom stereocenters. The Kier molecular flexibility index (Phi) is 29.0. The number of allylic oxidation sites excluding steroid dienone is 1. The van der Waals surface area contributed by atoms with Crippen molar-refractivity contribution in [1.29, 1.82) is 0 Å². The Labute approximate surface area is 398 Å². The number of thioether (sulfide) groups is 2. The summed E-state index contributed by atoms with van der Waals surface area (Å²) in [4.78, 5) is 27.9. The van der Waals surface area contributed by atoms with Gasteiger partial charge in [0.05, 0.1) is 25.8 Å². The quantitative estimate of drug-likeness (QED) is 0.0308. The van der Waals surface area contributed by atoms with Gasteiger partial charge in [-0.1, -0.05) is 23.5 Å². The fraction of sp³-hybridized carbons (Fsp3) is 0.915. The van der Waals surface area contributed by atoms with Crippen molar-refractivity contribution in [3.05, 3.63) is 11.3 Å². The molecule has 1 rings (SSSR count). The van der Waals surface area contributed by atoms with Crippen molar-refractivity contribution in [3.63, 3.8) is 0 Å². The molecule has 0 aromatic heterocycles. The Hall–Kier alpha value is 0.0800. The van der Waals surface area contributed by atoms with Crippen molar-refractivity contribution < 1.29 is 28.1 Å². The number of hydrogen-bond donors (Lipinski definition) is 1. The van der Waals surface area contributed by atoms with E-state index in [-0.39, 0.29) is 82.4 Å². The van der Waals surface area contributed by atoms with Crippen LogP contribution in [0, 0.1) is 0 Å². The number of likely N-dealkylation sites (tertiary alicyclic amines) is 1. The van der Waals surface area contributed by atoms with Crippen molar-refractivity contribution in [2.45, 2.75) is 236 Å². The van der Waals surface area contributed by atoms with Crippen LogP contribution in [0.15, 0.2) is 11.3 Å². The van der Waals surface area contributed by atoms with Gasteiger partial charge in [0.15, 0.2) is 28.8 Å². The highest BCUT2D eigenvalue weighted by Crippen LogP contribution is 2.53. The van der Waals surface area contributed by atoms with Crippen LogP contribution in [0.1, 0.15) is 177 Å². The molecule has 0 amide bonds. The highest BCUT2D eigenvalue weighted by Gasteiger charge is 2.41. The van der Waals surface area contributed by atoms with Crippen molar-refractivity contribution in [1.82, 2.24) is 23.6 Å². The first-order valence-electron chi connectivity index (χ1n) is 23.9. The van der Waals surface area contributed by atoms with Gasteiger partial charge < -0.3 is 24.3 Å². The van der Waals surface area contributed by atoms with E-state index in [0.717, 1.165) is 31.1 Å². The summed E-state index contributed by atoms with van der Waals surface area (Å²) >= 11 is 2.52. The second kappa shape index (κ2) is 29.9. The molecule has 0 aromatic carbocycles. The number of carbonyl (C=O) groups excluding carboxylic acids is 2. The molecular formula is C47H96N6O6P2S2. The molecule has 2 N–H and O–H groups in total. The first kappa shape index (κ1) is 61.1. The third-order valence-electron chi connectivity index (χ3n) is 11.8. The number of rotatable bonds is 31. The highest BCUT2D eigenvalue weighted by atomic mass is 32.2. The summed E-state index contributed by atoms with van der Waals surface area (Å²) in [5.41, 5.74) is 7.15. The van der Waals surface area contributed by atoms with Gasteiger partial charge in [-0.3, -0.25) is 14.5 Å². The van der Waals surface area contributed by atoms with Crippen molar-refractivity contribution in [3.8, 4) is 0 Å². The van der Waals surface area contributed by atoms with E-state index < -0.39 is 16.9 Å². The predicted octanol–water partition coefficient (Wildman–Crippen LogP) is 11.8. The van der Waals surface area contributed by atoms with Crippen LogP contribution >= 0.6 is 40.4 Å². The highest BCUT2D eigenvalue weighted by molar-refractivity contribution is 8.14. The van der Waals surface area contributed by atoms with Gasteiger partial charge in [-0.2, -0.15) is 0 Å². The van der Waals surface area contributed by atoms with Crippen LogP contribution in [0.2, 0.25) is 0 Å². The molecule has 0 aromatic rings. The zero-order valence-corrected chi connectivity index (χ0v) is 47.2. The summed E-state index contributed by atoms with van der Waals surface area (Å²) in [6.45, 7) is 46.8. The molecule has 372 valence electrons. The molecule has 1 aliphatic heterocycles. The summed E-state index contributed by atoms with van der Waals surface area (Å²) in [5, 5.41) is 0.170. The minimum absolute atomic E-state index is 0.0613. The SMILES string of the molecule is C/C(N)=C(/C)C(=O)SCOCCOP(N(C(C)C)C(C)C)N(C(C)C)C(C)CCC(C)N(C(C)C)P(OCOCCSC(=O)CCN1C(C)(C)CCCC1(C)C)N(C(C)C)C(C)C. The fourth-order valence-corrected chi connectivity index (χ4v) is 14.9. The van der Waals surface area contributed by atoms with Gasteiger partial charge in [0.2, 0.25) is 5.12 Å². The summed E-state index contributed by atoms with van der Waals surface area (Å²) in [7, 11) is -2.28. The smallest absolute Gasteiger partial charge is 0.218 e. The Balaban J connectivity index is 3.05. The molecule has 63 heavy (non-hydrogen) atoms. The minimum Gasteiger partial charge on any atom is -0.402 e. The van der Waals surface area contributed by atoms with Gasteiger partial charge in [0.1, 0.15) is 0 Å². The van der Waals surface area contributed by atoms with Crippen LogP contribution in [0.5, 0.6) is 0 Å². The number of nitrogens with zero attached hydrogens (tertiary/aromatic N) is 5. The van der Waals surface area contributed by atoms with Crippen LogP contribution in [0.25, 0.3) is 0 Å². The predicted molar refractivity (Wildman–Crippen MR) is 275 cm³/mol. The monoisotopic (exact) mass is 967 g/mol. The molecule has 16 heteroatoms. The second-order valence-corrected chi connectivity index (χ2v) is 25.6. The normalized spacial score (nSPS) is 18.6. The van der Waals surface area contributed by atoms with Crippen LogP contribution < -0.4 is 5.73 Å². The van der Waals surface area contributed by atoms with Crippen molar-refractivity contribution >= 4 is 50.7 Å². The minimum atomic E-state index is -1.16. The number of carbonyl (C=O) groups is 2. The Morgan fingerprint density at radius 2 is 1.08 bits per heavy atom. The van der Waals surface area contributed by atoms with E-state index in [9.17, 15) is 9.59 Å². The standard InChI is InChI=1S/C47H96N6O6P2S2/c1-34(2)50(35(3)4)60(58-29-28-57-33-63-45(55)42(15)43(16)48)52(38(9)10)40(13)22-23-41(14)53(39(11)12)61(51(36(5)6)37(7)8)59-32-56-30-31-62-44(54)24-27-49-46(17,18)25-21-26-47(49,19)20/h34-41H,21-33,48H2,1-20H3/b43-42+. The van der Waals surface area contributed by atoms with Crippen molar-refractivity contribution in [2.24, 2.45) is 5.73 Å². The summed E-state index contributed by atoms with van der Waals surface area (Å²) in [6, 6.07) is 2.11. The molecule has 0 radical (unpaired) electrons. The summed E-state index contributed by atoms with van der Waals surface area (Å²) < 4.78 is 35.8. The van der Waals surface area contributed by atoms with E-state index >= 15 is 0 Å². The number of hydrogen-bond acceptors (Lipinski definition) is 14. The fourth-order valence-electron chi connectivity index (χ4n) is 8.87. The first-order chi connectivity index (χ1) is 29.2. The van der Waals surface area contributed by atoms with Crippen molar-refractivity contribution in [2.75, 3.05) is 44.9 Å². The lowest BCUT2D eigenvalue weighted by Crippen LogP contribution is -2.58. The average Bonchev–Trinajstić information content (AvgIpc) is 3.14. The van der Waals surface area contributed by atoms with Gasteiger partial charge in [0, 0.05) is 89.4 Å². The molecule has 12 nitrogen and oxygen atoms in total. The Morgan fingerprint density at radius 1 is 0.635 bits per heavy atom. The van der Waals surface area contributed by atoms with Gasteiger partial charge >= 0.3 is 0 Å². The molecule has 1 saturated heterocycles. The maximum Gasteiger partial charge on any atom is 0.218 e.